The first kappa shape index (κ1) is 14.1. The third kappa shape index (κ3) is 3.58. The van der Waals surface area contributed by atoms with Crippen molar-refractivity contribution in [3.8, 4) is 0 Å². The van der Waals surface area contributed by atoms with E-state index in [0.29, 0.717) is 16.8 Å². The van der Waals surface area contributed by atoms with Crippen LogP contribution in [-0.2, 0) is 0 Å². The molecule has 19 heavy (non-hydrogen) atoms. The molecule has 0 aliphatic heterocycles. The fourth-order valence-corrected chi connectivity index (χ4v) is 2.70. The lowest BCUT2D eigenvalue weighted by molar-refractivity contribution is -0.384. The average molecular weight is 284 g/mol. The van der Waals surface area contributed by atoms with Gasteiger partial charge >= 0.3 is 0 Å². The third-order valence-corrected chi connectivity index (χ3v) is 3.89. The number of nitrogens with zero attached hydrogens (tertiary/aromatic N) is 1. The van der Waals surface area contributed by atoms with Crippen LogP contribution in [-0.4, -0.2) is 24.1 Å². The van der Waals surface area contributed by atoms with Crippen LogP contribution in [0.3, 0.4) is 0 Å². The van der Waals surface area contributed by atoms with E-state index in [1.807, 2.05) is 7.05 Å². The van der Waals surface area contributed by atoms with E-state index < -0.39 is 0 Å². The largest absolute Gasteiger partial charge is 0.377 e. The Morgan fingerprint density at radius 1 is 1.26 bits per heavy atom. The van der Waals surface area contributed by atoms with Crippen molar-refractivity contribution in [1.29, 1.82) is 0 Å². The zero-order chi connectivity index (χ0) is 13.8. The van der Waals surface area contributed by atoms with E-state index in [9.17, 15) is 10.1 Å². The normalized spacial score (nSPS) is 23.1. The molecule has 0 unspecified atom stereocenters. The summed E-state index contributed by atoms with van der Waals surface area (Å²) in [7, 11) is 1.97. The van der Waals surface area contributed by atoms with Gasteiger partial charge in [-0.3, -0.25) is 10.1 Å². The minimum atomic E-state index is -0.377. The number of halogens is 1. The SMILES string of the molecule is CNC1CCC(Nc2cc(Cl)ccc2[N+](=O)[O-])CC1. The van der Waals surface area contributed by atoms with Gasteiger partial charge in [0.1, 0.15) is 5.69 Å². The first-order valence-corrected chi connectivity index (χ1v) is 6.85. The number of anilines is 1. The van der Waals surface area contributed by atoms with Crippen molar-refractivity contribution in [2.75, 3.05) is 12.4 Å². The minimum absolute atomic E-state index is 0.0835. The molecule has 1 saturated carbocycles. The number of hydrogen-bond acceptors (Lipinski definition) is 4. The molecule has 5 nitrogen and oxygen atoms in total. The lowest BCUT2D eigenvalue weighted by atomic mass is 9.91. The summed E-state index contributed by atoms with van der Waals surface area (Å²) in [5.41, 5.74) is 0.602. The fourth-order valence-electron chi connectivity index (χ4n) is 2.53. The van der Waals surface area contributed by atoms with E-state index >= 15 is 0 Å². The van der Waals surface area contributed by atoms with Crippen molar-refractivity contribution >= 4 is 23.0 Å². The minimum Gasteiger partial charge on any atom is -0.377 e. The van der Waals surface area contributed by atoms with Crippen LogP contribution in [0.1, 0.15) is 25.7 Å². The van der Waals surface area contributed by atoms with Crippen molar-refractivity contribution in [3.05, 3.63) is 33.3 Å². The van der Waals surface area contributed by atoms with Crippen LogP contribution in [0.25, 0.3) is 0 Å². The second-order valence-corrected chi connectivity index (χ2v) is 5.34. The van der Waals surface area contributed by atoms with E-state index in [1.54, 1.807) is 12.1 Å². The van der Waals surface area contributed by atoms with Crippen LogP contribution in [0.4, 0.5) is 11.4 Å². The van der Waals surface area contributed by atoms with Crippen molar-refractivity contribution in [1.82, 2.24) is 5.32 Å². The molecular weight excluding hydrogens is 266 g/mol. The van der Waals surface area contributed by atoms with Crippen molar-refractivity contribution in [2.24, 2.45) is 0 Å². The molecule has 2 N–H and O–H groups in total. The van der Waals surface area contributed by atoms with E-state index in [2.05, 4.69) is 10.6 Å². The highest BCUT2D eigenvalue weighted by Gasteiger charge is 2.22. The fraction of sp³-hybridized carbons (Fsp3) is 0.538. The van der Waals surface area contributed by atoms with Gasteiger partial charge in [0, 0.05) is 23.2 Å². The molecule has 0 atom stereocenters. The number of rotatable bonds is 4. The van der Waals surface area contributed by atoms with Gasteiger partial charge in [0.2, 0.25) is 0 Å². The molecule has 2 rings (SSSR count). The molecule has 0 radical (unpaired) electrons. The van der Waals surface area contributed by atoms with Gasteiger partial charge in [-0.05, 0) is 44.9 Å². The summed E-state index contributed by atoms with van der Waals surface area (Å²) in [6.45, 7) is 0. The summed E-state index contributed by atoms with van der Waals surface area (Å²) >= 11 is 5.91. The summed E-state index contributed by atoms with van der Waals surface area (Å²) in [5.74, 6) is 0. The van der Waals surface area contributed by atoms with Crippen molar-refractivity contribution in [3.63, 3.8) is 0 Å². The standard InChI is InChI=1S/C13H18ClN3O2/c1-15-10-3-5-11(6-4-10)16-12-8-9(14)2-7-13(12)17(18)19/h2,7-8,10-11,15-16H,3-6H2,1H3. The van der Waals surface area contributed by atoms with Crippen molar-refractivity contribution in [2.45, 2.75) is 37.8 Å². The Hall–Kier alpha value is -1.33. The predicted molar refractivity (Wildman–Crippen MR) is 76.8 cm³/mol. The molecule has 1 aromatic rings. The zero-order valence-electron chi connectivity index (χ0n) is 10.9. The molecule has 0 bridgehead atoms. The summed E-state index contributed by atoms with van der Waals surface area (Å²) < 4.78 is 0. The van der Waals surface area contributed by atoms with Gasteiger partial charge in [0.15, 0.2) is 0 Å². The Bertz CT molecular complexity index is 459. The highest BCUT2D eigenvalue weighted by molar-refractivity contribution is 6.31. The monoisotopic (exact) mass is 283 g/mol. The molecule has 0 spiro atoms. The van der Waals surface area contributed by atoms with Gasteiger partial charge < -0.3 is 10.6 Å². The maximum absolute atomic E-state index is 11.0. The number of nitro benzene ring substituents is 1. The Kier molecular flexibility index (Phi) is 4.61. The molecule has 6 heteroatoms. The van der Waals surface area contributed by atoms with E-state index in [0.717, 1.165) is 25.7 Å². The van der Waals surface area contributed by atoms with E-state index in [1.165, 1.54) is 6.07 Å². The van der Waals surface area contributed by atoms with Crippen LogP contribution in [0.2, 0.25) is 5.02 Å². The molecular formula is C13H18ClN3O2. The van der Waals surface area contributed by atoms with E-state index in [4.69, 9.17) is 11.6 Å². The summed E-state index contributed by atoms with van der Waals surface area (Å²) in [6, 6.07) is 5.46. The predicted octanol–water partition coefficient (Wildman–Crippen LogP) is 3.19. The van der Waals surface area contributed by atoms with Gasteiger partial charge in [0.05, 0.1) is 4.92 Å². The van der Waals surface area contributed by atoms with Gasteiger partial charge in [-0.1, -0.05) is 11.6 Å². The molecule has 0 saturated heterocycles. The lowest BCUT2D eigenvalue weighted by Gasteiger charge is -2.29. The molecule has 0 aromatic heterocycles. The van der Waals surface area contributed by atoms with Crippen LogP contribution >= 0.6 is 11.6 Å². The number of nitro groups is 1. The smallest absolute Gasteiger partial charge is 0.292 e. The third-order valence-electron chi connectivity index (χ3n) is 3.65. The molecule has 1 aromatic carbocycles. The molecule has 0 amide bonds. The van der Waals surface area contributed by atoms with Gasteiger partial charge in [-0.15, -0.1) is 0 Å². The highest BCUT2D eigenvalue weighted by atomic mass is 35.5. The molecule has 104 valence electrons. The summed E-state index contributed by atoms with van der Waals surface area (Å²) in [6.07, 6.45) is 4.19. The van der Waals surface area contributed by atoms with Gasteiger partial charge in [0.25, 0.3) is 5.69 Å². The zero-order valence-corrected chi connectivity index (χ0v) is 11.6. The maximum atomic E-state index is 11.0. The van der Waals surface area contributed by atoms with Gasteiger partial charge in [-0.2, -0.15) is 0 Å². The molecule has 1 fully saturated rings. The first-order valence-electron chi connectivity index (χ1n) is 6.48. The maximum Gasteiger partial charge on any atom is 0.292 e. The average Bonchev–Trinajstić information content (AvgIpc) is 2.39. The molecule has 1 aliphatic rings. The number of hydrogen-bond donors (Lipinski definition) is 2. The van der Waals surface area contributed by atoms with Crippen LogP contribution in [0.5, 0.6) is 0 Å². The van der Waals surface area contributed by atoms with Crippen LogP contribution < -0.4 is 10.6 Å². The second kappa shape index (κ2) is 6.21. The Morgan fingerprint density at radius 3 is 2.47 bits per heavy atom. The van der Waals surface area contributed by atoms with Crippen LogP contribution in [0.15, 0.2) is 18.2 Å². The van der Waals surface area contributed by atoms with E-state index in [-0.39, 0.29) is 16.7 Å². The number of nitrogens with one attached hydrogen (secondary N) is 2. The Balaban J connectivity index is 2.06. The Labute approximate surface area is 117 Å². The second-order valence-electron chi connectivity index (χ2n) is 4.90. The highest BCUT2D eigenvalue weighted by Crippen LogP contribution is 2.30. The first-order chi connectivity index (χ1) is 9.10. The number of benzene rings is 1. The van der Waals surface area contributed by atoms with Crippen molar-refractivity contribution < 1.29 is 4.92 Å². The van der Waals surface area contributed by atoms with Gasteiger partial charge in [-0.25, -0.2) is 0 Å². The lowest BCUT2D eigenvalue weighted by Crippen LogP contribution is -2.35. The van der Waals surface area contributed by atoms with Crippen LogP contribution in [0, 0.1) is 10.1 Å². The molecule has 1 aliphatic carbocycles. The summed E-state index contributed by atoms with van der Waals surface area (Å²) in [4.78, 5) is 10.6. The topological polar surface area (TPSA) is 67.2 Å². The quantitative estimate of drug-likeness (QED) is 0.658. The Morgan fingerprint density at radius 2 is 1.89 bits per heavy atom. The summed E-state index contributed by atoms with van der Waals surface area (Å²) in [5, 5.41) is 18.0. The molecule has 0 heterocycles.